The molecule has 128 valence electrons. The molecule has 0 N–H and O–H groups in total. The SMILES string of the molecule is Cc1ccc(O[C@H](C)C(=O)N2CCN(Cc3ccco3)CC2)cc1. The van der Waals surface area contributed by atoms with E-state index in [1.54, 1.807) is 6.26 Å². The Kier molecular flexibility index (Phi) is 5.20. The Morgan fingerprint density at radius 2 is 1.88 bits per heavy atom. The summed E-state index contributed by atoms with van der Waals surface area (Å²) in [5.74, 6) is 1.75. The molecule has 2 aromatic rings. The van der Waals surface area contributed by atoms with Crippen LogP contribution in [0.1, 0.15) is 18.2 Å². The van der Waals surface area contributed by atoms with Crippen LogP contribution in [0, 0.1) is 6.92 Å². The van der Waals surface area contributed by atoms with Crippen molar-refractivity contribution >= 4 is 5.91 Å². The smallest absolute Gasteiger partial charge is 0.263 e. The highest BCUT2D eigenvalue weighted by molar-refractivity contribution is 5.81. The van der Waals surface area contributed by atoms with E-state index in [1.807, 2.05) is 55.1 Å². The first kappa shape index (κ1) is 16.6. The van der Waals surface area contributed by atoms with Crippen molar-refractivity contribution in [1.29, 1.82) is 0 Å². The third-order valence-corrected chi connectivity index (χ3v) is 4.33. The number of nitrogens with zero attached hydrogens (tertiary/aromatic N) is 2. The second-order valence-corrected chi connectivity index (χ2v) is 6.25. The maximum Gasteiger partial charge on any atom is 0.263 e. The van der Waals surface area contributed by atoms with E-state index in [0.717, 1.165) is 44.2 Å². The summed E-state index contributed by atoms with van der Waals surface area (Å²) in [7, 11) is 0. The highest BCUT2D eigenvalue weighted by atomic mass is 16.5. The second-order valence-electron chi connectivity index (χ2n) is 6.25. The summed E-state index contributed by atoms with van der Waals surface area (Å²) in [5, 5.41) is 0. The Labute approximate surface area is 142 Å². The molecule has 2 heterocycles. The quantitative estimate of drug-likeness (QED) is 0.847. The summed E-state index contributed by atoms with van der Waals surface area (Å²) in [6.07, 6.45) is 1.23. The van der Waals surface area contributed by atoms with Crippen molar-refractivity contribution in [3.05, 3.63) is 54.0 Å². The molecule has 1 fully saturated rings. The van der Waals surface area contributed by atoms with E-state index in [4.69, 9.17) is 9.15 Å². The number of benzene rings is 1. The van der Waals surface area contributed by atoms with E-state index in [9.17, 15) is 4.79 Å². The molecule has 5 nitrogen and oxygen atoms in total. The third kappa shape index (κ3) is 4.17. The van der Waals surface area contributed by atoms with Gasteiger partial charge in [-0.2, -0.15) is 0 Å². The van der Waals surface area contributed by atoms with Crippen LogP contribution in [0.15, 0.2) is 47.1 Å². The average molecular weight is 328 g/mol. The zero-order valence-electron chi connectivity index (χ0n) is 14.3. The number of carbonyl (C=O) groups excluding carboxylic acids is 1. The van der Waals surface area contributed by atoms with Crippen molar-refractivity contribution in [2.45, 2.75) is 26.5 Å². The molecule has 0 saturated carbocycles. The van der Waals surface area contributed by atoms with Crippen LogP contribution < -0.4 is 4.74 Å². The van der Waals surface area contributed by atoms with Crippen LogP contribution in [0.3, 0.4) is 0 Å². The molecule has 1 aromatic heterocycles. The molecule has 0 spiro atoms. The Hall–Kier alpha value is -2.27. The Balaban J connectivity index is 1.48. The molecule has 1 aliphatic heterocycles. The fourth-order valence-corrected chi connectivity index (χ4v) is 2.88. The zero-order chi connectivity index (χ0) is 16.9. The molecule has 0 aliphatic carbocycles. The largest absolute Gasteiger partial charge is 0.481 e. The summed E-state index contributed by atoms with van der Waals surface area (Å²) < 4.78 is 11.2. The molecular weight excluding hydrogens is 304 g/mol. The van der Waals surface area contributed by atoms with Crippen LogP contribution in [0.4, 0.5) is 0 Å². The lowest BCUT2D eigenvalue weighted by Crippen LogP contribution is -2.51. The van der Waals surface area contributed by atoms with Crippen molar-refractivity contribution in [3.8, 4) is 5.75 Å². The van der Waals surface area contributed by atoms with Gasteiger partial charge >= 0.3 is 0 Å². The minimum atomic E-state index is -0.468. The van der Waals surface area contributed by atoms with Crippen molar-refractivity contribution in [2.24, 2.45) is 0 Å². The maximum absolute atomic E-state index is 12.6. The van der Waals surface area contributed by atoms with Gasteiger partial charge in [0.15, 0.2) is 6.10 Å². The Bertz CT molecular complexity index is 644. The van der Waals surface area contributed by atoms with Gasteiger partial charge in [-0.15, -0.1) is 0 Å². The second kappa shape index (κ2) is 7.53. The molecule has 3 rings (SSSR count). The van der Waals surface area contributed by atoms with E-state index in [0.29, 0.717) is 0 Å². The molecule has 0 bridgehead atoms. The summed E-state index contributed by atoms with van der Waals surface area (Å²) in [6, 6.07) is 11.7. The van der Waals surface area contributed by atoms with Gasteiger partial charge in [-0.3, -0.25) is 9.69 Å². The molecule has 5 heteroatoms. The molecule has 1 amide bonds. The number of hydrogen-bond donors (Lipinski definition) is 0. The Morgan fingerprint density at radius 1 is 1.17 bits per heavy atom. The number of piperazine rings is 1. The monoisotopic (exact) mass is 328 g/mol. The number of amides is 1. The van der Waals surface area contributed by atoms with Gasteiger partial charge in [-0.25, -0.2) is 0 Å². The van der Waals surface area contributed by atoms with Crippen LogP contribution in [0.2, 0.25) is 0 Å². The minimum absolute atomic E-state index is 0.0493. The molecule has 1 atom stereocenters. The predicted molar refractivity (Wildman–Crippen MR) is 91.8 cm³/mol. The molecule has 0 radical (unpaired) electrons. The molecule has 1 saturated heterocycles. The first-order valence-corrected chi connectivity index (χ1v) is 8.38. The first-order valence-electron chi connectivity index (χ1n) is 8.38. The number of furan rings is 1. The maximum atomic E-state index is 12.6. The van der Waals surface area contributed by atoms with E-state index in [2.05, 4.69) is 4.90 Å². The molecule has 0 unspecified atom stereocenters. The van der Waals surface area contributed by atoms with Gasteiger partial charge in [-0.05, 0) is 38.1 Å². The van der Waals surface area contributed by atoms with Crippen LogP contribution >= 0.6 is 0 Å². The van der Waals surface area contributed by atoms with Gasteiger partial charge in [0.25, 0.3) is 5.91 Å². The number of ether oxygens (including phenoxy) is 1. The van der Waals surface area contributed by atoms with Crippen LogP contribution in [-0.2, 0) is 11.3 Å². The van der Waals surface area contributed by atoms with E-state index < -0.39 is 6.10 Å². The van der Waals surface area contributed by atoms with Gasteiger partial charge < -0.3 is 14.1 Å². The van der Waals surface area contributed by atoms with E-state index in [-0.39, 0.29) is 5.91 Å². The van der Waals surface area contributed by atoms with Crippen molar-refractivity contribution < 1.29 is 13.9 Å². The summed E-state index contributed by atoms with van der Waals surface area (Å²) in [4.78, 5) is 16.7. The summed E-state index contributed by atoms with van der Waals surface area (Å²) in [5.41, 5.74) is 1.18. The number of hydrogen-bond acceptors (Lipinski definition) is 4. The van der Waals surface area contributed by atoms with Crippen LogP contribution in [0.25, 0.3) is 0 Å². The van der Waals surface area contributed by atoms with Gasteiger partial charge in [-0.1, -0.05) is 17.7 Å². The van der Waals surface area contributed by atoms with Gasteiger partial charge in [0, 0.05) is 26.2 Å². The van der Waals surface area contributed by atoms with Gasteiger partial charge in [0.1, 0.15) is 11.5 Å². The van der Waals surface area contributed by atoms with Crippen LogP contribution in [-0.4, -0.2) is 48.0 Å². The minimum Gasteiger partial charge on any atom is -0.481 e. The van der Waals surface area contributed by atoms with E-state index >= 15 is 0 Å². The van der Waals surface area contributed by atoms with E-state index in [1.165, 1.54) is 5.56 Å². The standard InChI is InChI=1S/C19H24N2O3/c1-15-5-7-17(8-6-15)24-16(2)19(22)21-11-9-20(10-12-21)14-18-4-3-13-23-18/h3-8,13,16H,9-12,14H2,1-2H3/t16-/m1/s1. The Morgan fingerprint density at radius 3 is 2.50 bits per heavy atom. The number of aryl methyl sites for hydroxylation is 1. The summed E-state index contributed by atoms with van der Waals surface area (Å²) >= 11 is 0. The lowest BCUT2D eigenvalue weighted by atomic mass is 10.2. The first-order chi connectivity index (χ1) is 11.6. The molecule has 24 heavy (non-hydrogen) atoms. The number of rotatable bonds is 5. The van der Waals surface area contributed by atoms with Gasteiger partial charge in [0.2, 0.25) is 0 Å². The van der Waals surface area contributed by atoms with Crippen molar-refractivity contribution in [1.82, 2.24) is 9.80 Å². The fraction of sp³-hybridized carbons (Fsp3) is 0.421. The molecule has 1 aromatic carbocycles. The third-order valence-electron chi connectivity index (χ3n) is 4.33. The van der Waals surface area contributed by atoms with Crippen molar-refractivity contribution in [2.75, 3.05) is 26.2 Å². The van der Waals surface area contributed by atoms with Gasteiger partial charge in [0.05, 0.1) is 12.8 Å². The number of carbonyl (C=O) groups is 1. The fourth-order valence-electron chi connectivity index (χ4n) is 2.88. The predicted octanol–water partition coefficient (Wildman–Crippen LogP) is 2.70. The zero-order valence-corrected chi connectivity index (χ0v) is 14.3. The van der Waals surface area contributed by atoms with Crippen molar-refractivity contribution in [3.63, 3.8) is 0 Å². The summed E-state index contributed by atoms with van der Waals surface area (Å²) in [6.45, 7) is 7.79. The van der Waals surface area contributed by atoms with Crippen LogP contribution in [0.5, 0.6) is 5.75 Å². The molecular formula is C19H24N2O3. The highest BCUT2D eigenvalue weighted by Gasteiger charge is 2.26. The topological polar surface area (TPSA) is 45.9 Å². The highest BCUT2D eigenvalue weighted by Crippen LogP contribution is 2.15. The lowest BCUT2D eigenvalue weighted by Gasteiger charge is -2.35. The normalized spacial score (nSPS) is 16.8. The average Bonchev–Trinajstić information content (AvgIpc) is 3.10. The molecule has 1 aliphatic rings. The lowest BCUT2D eigenvalue weighted by molar-refractivity contribution is -0.139.